The van der Waals surface area contributed by atoms with Crippen LogP contribution < -0.4 is 5.32 Å². The Labute approximate surface area is 130 Å². The predicted octanol–water partition coefficient (Wildman–Crippen LogP) is 3.63. The second kappa shape index (κ2) is 8.72. The third-order valence-electron chi connectivity index (χ3n) is 3.34. The van der Waals surface area contributed by atoms with Gasteiger partial charge in [0.15, 0.2) is 0 Å². The van der Waals surface area contributed by atoms with Crippen LogP contribution in [-0.4, -0.2) is 22.7 Å². The van der Waals surface area contributed by atoms with Gasteiger partial charge in [0.2, 0.25) is 5.91 Å². The van der Waals surface area contributed by atoms with E-state index in [9.17, 15) is 9.59 Å². The molecule has 21 heavy (non-hydrogen) atoms. The molecule has 1 aromatic carbocycles. The molecule has 1 amide bonds. The molecule has 0 heterocycles. The van der Waals surface area contributed by atoms with Crippen LogP contribution in [-0.2, 0) is 15.3 Å². The third kappa shape index (κ3) is 6.67. The number of hydrogen-bond acceptors (Lipinski definition) is 3. The lowest BCUT2D eigenvalue weighted by molar-refractivity contribution is -0.136. The second-order valence-electron chi connectivity index (χ2n) is 5.42. The molecular formula is C16H23NO3S. The van der Waals surface area contributed by atoms with Crippen LogP contribution in [0.25, 0.3) is 0 Å². The minimum Gasteiger partial charge on any atom is -0.481 e. The highest BCUT2D eigenvalue weighted by Gasteiger charge is 2.16. The monoisotopic (exact) mass is 309 g/mol. The van der Waals surface area contributed by atoms with Gasteiger partial charge in [0.25, 0.3) is 0 Å². The Balaban J connectivity index is 2.52. The van der Waals surface area contributed by atoms with E-state index in [1.54, 1.807) is 11.8 Å². The molecule has 0 saturated heterocycles. The fourth-order valence-electron chi connectivity index (χ4n) is 1.65. The van der Waals surface area contributed by atoms with Gasteiger partial charge < -0.3 is 10.4 Å². The Kier molecular flexibility index (Phi) is 7.29. The van der Waals surface area contributed by atoms with Crippen molar-refractivity contribution in [3.63, 3.8) is 0 Å². The summed E-state index contributed by atoms with van der Waals surface area (Å²) in [6.45, 7) is 5.98. The molecule has 2 N–H and O–H groups in total. The molecule has 1 unspecified atom stereocenters. The number of carboxylic acid groups (broad SMARTS) is 1. The zero-order chi connectivity index (χ0) is 15.8. The van der Waals surface area contributed by atoms with Crippen molar-refractivity contribution in [3.8, 4) is 0 Å². The van der Waals surface area contributed by atoms with Gasteiger partial charge in [0.05, 0.1) is 6.42 Å². The Morgan fingerprint density at radius 3 is 2.62 bits per heavy atom. The minimum absolute atomic E-state index is 0.0284. The first-order valence-electron chi connectivity index (χ1n) is 7.09. The number of rotatable bonds is 8. The van der Waals surface area contributed by atoms with Gasteiger partial charge in [0, 0.05) is 23.1 Å². The average molecular weight is 309 g/mol. The highest BCUT2D eigenvalue weighted by molar-refractivity contribution is 7.98. The molecule has 0 saturated carbocycles. The van der Waals surface area contributed by atoms with Gasteiger partial charge in [-0.3, -0.25) is 9.59 Å². The van der Waals surface area contributed by atoms with Crippen molar-refractivity contribution >= 4 is 29.3 Å². The molecule has 0 aliphatic heterocycles. The van der Waals surface area contributed by atoms with E-state index >= 15 is 0 Å². The van der Waals surface area contributed by atoms with Gasteiger partial charge >= 0.3 is 5.97 Å². The molecule has 0 aliphatic rings. The highest BCUT2D eigenvalue weighted by atomic mass is 32.2. The highest BCUT2D eigenvalue weighted by Crippen LogP contribution is 2.19. The summed E-state index contributed by atoms with van der Waals surface area (Å²) in [6, 6.07) is 7.70. The van der Waals surface area contributed by atoms with Crippen LogP contribution in [0.4, 0.5) is 5.69 Å². The van der Waals surface area contributed by atoms with E-state index in [2.05, 4.69) is 5.32 Å². The van der Waals surface area contributed by atoms with Gasteiger partial charge in [-0.2, -0.15) is 11.8 Å². The van der Waals surface area contributed by atoms with Crippen LogP contribution in [0.3, 0.4) is 0 Å². The first kappa shape index (κ1) is 17.6. The SMILES string of the molecule is CC(C)C(C)C(=O)Nc1cccc(CSCCC(=O)O)c1. The average Bonchev–Trinajstić information content (AvgIpc) is 2.42. The number of nitrogens with one attached hydrogen (secondary N) is 1. The number of anilines is 1. The normalized spacial score (nSPS) is 12.2. The molecule has 0 fully saturated rings. The molecule has 0 bridgehead atoms. The summed E-state index contributed by atoms with van der Waals surface area (Å²) in [5.41, 5.74) is 1.88. The molecule has 116 valence electrons. The maximum absolute atomic E-state index is 12.0. The summed E-state index contributed by atoms with van der Waals surface area (Å²) < 4.78 is 0. The molecule has 0 aliphatic carbocycles. The van der Waals surface area contributed by atoms with Crippen molar-refractivity contribution in [2.24, 2.45) is 11.8 Å². The van der Waals surface area contributed by atoms with Crippen molar-refractivity contribution in [2.75, 3.05) is 11.1 Å². The fourth-order valence-corrected chi connectivity index (χ4v) is 2.53. The lowest BCUT2D eigenvalue weighted by Gasteiger charge is -2.15. The molecular weight excluding hydrogens is 286 g/mol. The largest absolute Gasteiger partial charge is 0.481 e. The number of carbonyl (C=O) groups is 2. The zero-order valence-corrected chi connectivity index (χ0v) is 13.6. The van der Waals surface area contributed by atoms with Crippen molar-refractivity contribution in [3.05, 3.63) is 29.8 Å². The van der Waals surface area contributed by atoms with Crippen molar-refractivity contribution in [2.45, 2.75) is 32.9 Å². The molecule has 4 nitrogen and oxygen atoms in total. The number of carbonyl (C=O) groups excluding carboxylic acids is 1. The maximum Gasteiger partial charge on any atom is 0.304 e. The standard InChI is InChI=1S/C16H23NO3S/c1-11(2)12(3)16(20)17-14-6-4-5-13(9-14)10-21-8-7-15(18)19/h4-6,9,11-12H,7-8,10H2,1-3H3,(H,17,20)(H,18,19). The summed E-state index contributed by atoms with van der Waals surface area (Å²) >= 11 is 1.58. The van der Waals surface area contributed by atoms with Gasteiger partial charge in [0.1, 0.15) is 0 Å². The molecule has 0 radical (unpaired) electrons. The maximum atomic E-state index is 12.0. The summed E-state index contributed by atoms with van der Waals surface area (Å²) in [4.78, 5) is 22.5. The van der Waals surface area contributed by atoms with E-state index in [1.165, 1.54) is 0 Å². The topological polar surface area (TPSA) is 66.4 Å². The number of amides is 1. The second-order valence-corrected chi connectivity index (χ2v) is 6.52. The first-order chi connectivity index (χ1) is 9.90. The van der Waals surface area contributed by atoms with E-state index < -0.39 is 5.97 Å². The lowest BCUT2D eigenvalue weighted by atomic mass is 9.97. The van der Waals surface area contributed by atoms with Crippen LogP contribution in [0.1, 0.15) is 32.8 Å². The van der Waals surface area contributed by atoms with Crippen LogP contribution in [0.2, 0.25) is 0 Å². The molecule has 1 rings (SSSR count). The number of hydrogen-bond donors (Lipinski definition) is 2. The predicted molar refractivity (Wildman–Crippen MR) is 87.5 cm³/mol. The molecule has 1 atom stereocenters. The summed E-state index contributed by atoms with van der Waals surface area (Å²) in [7, 11) is 0. The van der Waals surface area contributed by atoms with E-state index in [-0.39, 0.29) is 18.2 Å². The van der Waals surface area contributed by atoms with Crippen LogP contribution in [0, 0.1) is 11.8 Å². The third-order valence-corrected chi connectivity index (χ3v) is 4.37. The Bertz CT molecular complexity index is 488. The van der Waals surface area contributed by atoms with Crippen LogP contribution in [0.5, 0.6) is 0 Å². The lowest BCUT2D eigenvalue weighted by Crippen LogP contribution is -2.24. The summed E-state index contributed by atoms with van der Waals surface area (Å²) in [5, 5.41) is 11.5. The quantitative estimate of drug-likeness (QED) is 0.720. The summed E-state index contributed by atoms with van der Waals surface area (Å²) in [5.74, 6) is 0.873. The van der Waals surface area contributed by atoms with E-state index in [1.807, 2.05) is 45.0 Å². The molecule has 0 aromatic heterocycles. The van der Waals surface area contributed by atoms with Crippen molar-refractivity contribution < 1.29 is 14.7 Å². The van der Waals surface area contributed by atoms with E-state index in [0.717, 1.165) is 17.0 Å². The van der Waals surface area contributed by atoms with Gasteiger partial charge in [-0.1, -0.05) is 32.9 Å². The first-order valence-corrected chi connectivity index (χ1v) is 8.25. The zero-order valence-electron chi connectivity index (χ0n) is 12.8. The molecule has 0 spiro atoms. The van der Waals surface area contributed by atoms with Gasteiger partial charge in [-0.25, -0.2) is 0 Å². The number of benzene rings is 1. The Morgan fingerprint density at radius 2 is 2.00 bits per heavy atom. The van der Waals surface area contributed by atoms with Gasteiger partial charge in [-0.05, 0) is 23.6 Å². The Hall–Kier alpha value is -1.49. The van der Waals surface area contributed by atoms with E-state index in [0.29, 0.717) is 11.7 Å². The smallest absolute Gasteiger partial charge is 0.304 e. The number of thioether (sulfide) groups is 1. The molecule has 1 aromatic rings. The van der Waals surface area contributed by atoms with Crippen LogP contribution >= 0.6 is 11.8 Å². The fraction of sp³-hybridized carbons (Fsp3) is 0.500. The van der Waals surface area contributed by atoms with Crippen molar-refractivity contribution in [1.29, 1.82) is 0 Å². The Morgan fingerprint density at radius 1 is 1.29 bits per heavy atom. The number of aliphatic carboxylic acids is 1. The van der Waals surface area contributed by atoms with Gasteiger partial charge in [-0.15, -0.1) is 0 Å². The minimum atomic E-state index is -0.772. The van der Waals surface area contributed by atoms with Crippen LogP contribution in [0.15, 0.2) is 24.3 Å². The number of carboxylic acids is 1. The summed E-state index contributed by atoms with van der Waals surface area (Å²) in [6.07, 6.45) is 0.174. The molecule has 5 heteroatoms. The van der Waals surface area contributed by atoms with Crippen molar-refractivity contribution in [1.82, 2.24) is 0 Å². The van der Waals surface area contributed by atoms with E-state index in [4.69, 9.17) is 5.11 Å².